The molecule has 0 spiro atoms. The summed E-state index contributed by atoms with van der Waals surface area (Å²) >= 11 is 5.90. The molecule has 1 heterocycles. The number of aryl methyl sites for hydroxylation is 1. The van der Waals surface area contributed by atoms with Gasteiger partial charge in [-0.05, 0) is 49.1 Å². The first kappa shape index (κ1) is 19.3. The zero-order valence-corrected chi connectivity index (χ0v) is 14.9. The van der Waals surface area contributed by atoms with Gasteiger partial charge in [0.25, 0.3) is 0 Å². The highest BCUT2D eigenvalue weighted by Crippen LogP contribution is 2.30. The molecule has 1 saturated heterocycles. The molecule has 1 aromatic carbocycles. The van der Waals surface area contributed by atoms with Crippen molar-refractivity contribution >= 4 is 18.0 Å². The van der Waals surface area contributed by atoms with Crippen LogP contribution in [0.4, 0.5) is 8.78 Å². The van der Waals surface area contributed by atoms with Crippen LogP contribution in [0.15, 0.2) is 53.0 Å². The lowest BCUT2D eigenvalue weighted by Gasteiger charge is -2.16. The van der Waals surface area contributed by atoms with Crippen LogP contribution in [0.5, 0.6) is 0 Å². The molecule has 0 aliphatic carbocycles. The van der Waals surface area contributed by atoms with Crippen molar-refractivity contribution in [1.29, 1.82) is 0 Å². The second kappa shape index (κ2) is 8.92. The molecule has 1 aromatic rings. The van der Waals surface area contributed by atoms with Gasteiger partial charge in [-0.25, -0.2) is 8.78 Å². The smallest absolute Gasteiger partial charge is 0.211 e. The second-order valence-electron chi connectivity index (χ2n) is 6.08. The Bertz CT molecular complexity index is 728. The summed E-state index contributed by atoms with van der Waals surface area (Å²) < 4.78 is 27.6. The fourth-order valence-corrected chi connectivity index (χ4v) is 3.07. The molecule has 0 bridgehead atoms. The predicted molar refractivity (Wildman–Crippen MR) is 96.3 cm³/mol. The molecular formula is C19H21ClF2N2O. The number of rotatable bonds is 6. The highest BCUT2D eigenvalue weighted by Gasteiger charge is 2.26. The Morgan fingerprint density at radius 2 is 2.16 bits per heavy atom. The van der Waals surface area contributed by atoms with Gasteiger partial charge in [0.1, 0.15) is 11.6 Å². The van der Waals surface area contributed by atoms with Crippen molar-refractivity contribution in [1.82, 2.24) is 10.6 Å². The van der Waals surface area contributed by atoms with Crippen molar-refractivity contribution in [2.75, 3.05) is 13.1 Å². The predicted octanol–water partition coefficient (Wildman–Crippen LogP) is 4.06. The van der Waals surface area contributed by atoms with Crippen LogP contribution in [0.2, 0.25) is 0 Å². The maximum atomic E-state index is 14.1. The Labute approximate surface area is 151 Å². The number of carbonyl (C=O) groups excluding carboxylic acids is 1. The normalized spacial score (nSPS) is 22.2. The standard InChI is InChI=1S/C19H21ClF2N2O/c1-12-7-14(3-5-18(12)21)16-10-23-9-15(16)4-6-19(22)17(20)8-13(2)24-11-25/h3-8,11,15-16,23H,9-10H2,1-2H3,(H,24,25)/b6-4+,13-8+,19-17-/t15-,16-/m1/s1. The summed E-state index contributed by atoms with van der Waals surface area (Å²) in [6, 6.07) is 5.08. The minimum absolute atomic E-state index is 0.0803. The molecule has 6 heteroatoms. The number of nitrogens with one attached hydrogen (secondary N) is 2. The van der Waals surface area contributed by atoms with E-state index in [-0.39, 0.29) is 22.7 Å². The van der Waals surface area contributed by atoms with Crippen LogP contribution < -0.4 is 10.6 Å². The van der Waals surface area contributed by atoms with E-state index in [2.05, 4.69) is 10.6 Å². The molecule has 3 nitrogen and oxygen atoms in total. The highest BCUT2D eigenvalue weighted by atomic mass is 35.5. The zero-order chi connectivity index (χ0) is 18.4. The average molecular weight is 367 g/mol. The molecule has 0 radical (unpaired) electrons. The number of halogens is 3. The van der Waals surface area contributed by atoms with Crippen molar-refractivity contribution in [3.05, 3.63) is 69.9 Å². The van der Waals surface area contributed by atoms with Crippen LogP contribution >= 0.6 is 11.6 Å². The first-order valence-electron chi connectivity index (χ1n) is 8.01. The van der Waals surface area contributed by atoms with Crippen LogP contribution in [0, 0.1) is 18.7 Å². The van der Waals surface area contributed by atoms with Gasteiger partial charge in [0.05, 0.1) is 5.03 Å². The van der Waals surface area contributed by atoms with E-state index in [0.29, 0.717) is 24.2 Å². The number of amides is 1. The molecule has 134 valence electrons. The van der Waals surface area contributed by atoms with E-state index in [9.17, 15) is 13.6 Å². The fraction of sp³-hybridized carbons (Fsp3) is 0.316. The molecule has 0 saturated carbocycles. The van der Waals surface area contributed by atoms with Crippen LogP contribution in [-0.4, -0.2) is 19.5 Å². The Morgan fingerprint density at radius 3 is 2.84 bits per heavy atom. The van der Waals surface area contributed by atoms with Crippen molar-refractivity contribution in [2.24, 2.45) is 5.92 Å². The summed E-state index contributed by atoms with van der Waals surface area (Å²) in [5, 5.41) is 5.60. The van der Waals surface area contributed by atoms with E-state index >= 15 is 0 Å². The molecule has 1 amide bonds. The number of allylic oxidation sites excluding steroid dienone is 5. The molecule has 1 fully saturated rings. The lowest BCUT2D eigenvalue weighted by molar-refractivity contribution is -0.108. The first-order valence-corrected chi connectivity index (χ1v) is 8.39. The maximum absolute atomic E-state index is 14.1. The van der Waals surface area contributed by atoms with Gasteiger partial charge in [-0.3, -0.25) is 4.79 Å². The van der Waals surface area contributed by atoms with E-state index < -0.39 is 5.83 Å². The number of carbonyl (C=O) groups is 1. The van der Waals surface area contributed by atoms with Crippen LogP contribution in [-0.2, 0) is 4.79 Å². The second-order valence-corrected chi connectivity index (χ2v) is 6.49. The van der Waals surface area contributed by atoms with Crippen molar-refractivity contribution in [2.45, 2.75) is 19.8 Å². The van der Waals surface area contributed by atoms with Crippen molar-refractivity contribution < 1.29 is 13.6 Å². The third-order valence-corrected chi connectivity index (χ3v) is 4.51. The molecule has 2 N–H and O–H groups in total. The van der Waals surface area contributed by atoms with Crippen molar-refractivity contribution in [3.63, 3.8) is 0 Å². The Morgan fingerprint density at radius 1 is 1.40 bits per heavy atom. The van der Waals surface area contributed by atoms with Gasteiger partial charge >= 0.3 is 0 Å². The Kier molecular flexibility index (Phi) is 6.91. The Hall–Kier alpha value is -1.98. The van der Waals surface area contributed by atoms with Gasteiger partial charge in [0.2, 0.25) is 6.41 Å². The van der Waals surface area contributed by atoms with Gasteiger partial charge in [0, 0.05) is 24.7 Å². The third kappa shape index (κ3) is 5.25. The summed E-state index contributed by atoms with van der Waals surface area (Å²) in [6.07, 6.45) is 4.97. The largest absolute Gasteiger partial charge is 0.333 e. The minimum Gasteiger partial charge on any atom is -0.333 e. The van der Waals surface area contributed by atoms with E-state index in [1.165, 1.54) is 18.2 Å². The van der Waals surface area contributed by atoms with Crippen molar-refractivity contribution in [3.8, 4) is 0 Å². The molecular weight excluding hydrogens is 346 g/mol. The monoisotopic (exact) mass is 366 g/mol. The summed E-state index contributed by atoms with van der Waals surface area (Å²) in [6.45, 7) is 4.81. The van der Waals surface area contributed by atoms with E-state index in [4.69, 9.17) is 11.6 Å². The molecule has 1 aliphatic heterocycles. The summed E-state index contributed by atoms with van der Waals surface area (Å²) in [7, 11) is 0. The van der Waals surface area contributed by atoms with Gasteiger partial charge in [-0.1, -0.05) is 29.8 Å². The lowest BCUT2D eigenvalue weighted by Crippen LogP contribution is -2.09. The Balaban J connectivity index is 2.14. The summed E-state index contributed by atoms with van der Waals surface area (Å²) in [5.74, 6) is -0.572. The minimum atomic E-state index is -0.574. The van der Waals surface area contributed by atoms with Gasteiger partial charge < -0.3 is 10.6 Å². The molecule has 25 heavy (non-hydrogen) atoms. The summed E-state index contributed by atoms with van der Waals surface area (Å²) in [5.41, 5.74) is 2.08. The fourth-order valence-electron chi connectivity index (χ4n) is 2.85. The van der Waals surface area contributed by atoms with Gasteiger partial charge in [0.15, 0.2) is 0 Å². The first-order chi connectivity index (χ1) is 11.9. The lowest BCUT2D eigenvalue weighted by atomic mass is 9.88. The van der Waals surface area contributed by atoms with Gasteiger partial charge in [-0.15, -0.1) is 0 Å². The number of hydrogen-bond donors (Lipinski definition) is 2. The zero-order valence-electron chi connectivity index (χ0n) is 14.2. The van der Waals surface area contributed by atoms with Crippen LogP contribution in [0.1, 0.15) is 24.0 Å². The molecule has 1 aliphatic rings. The topological polar surface area (TPSA) is 41.1 Å². The van der Waals surface area contributed by atoms with E-state index in [1.54, 1.807) is 26.0 Å². The molecule has 0 unspecified atom stereocenters. The highest BCUT2D eigenvalue weighted by molar-refractivity contribution is 6.31. The molecule has 0 aromatic heterocycles. The number of benzene rings is 1. The van der Waals surface area contributed by atoms with E-state index in [0.717, 1.165) is 12.1 Å². The maximum Gasteiger partial charge on any atom is 0.211 e. The summed E-state index contributed by atoms with van der Waals surface area (Å²) in [4.78, 5) is 10.3. The van der Waals surface area contributed by atoms with Gasteiger partial charge in [-0.2, -0.15) is 0 Å². The number of hydrogen-bond acceptors (Lipinski definition) is 2. The average Bonchev–Trinajstić information content (AvgIpc) is 3.03. The molecule has 2 rings (SSSR count). The SMILES string of the molecule is C\C(=C/C(Cl)=C(F)\C=C\[C@@H]1CNC[C@@H]1c1ccc(F)c(C)c1)NC=O. The quantitative estimate of drug-likeness (QED) is 0.588. The third-order valence-electron chi connectivity index (χ3n) is 4.22. The molecule has 2 atom stereocenters. The van der Waals surface area contributed by atoms with E-state index in [1.807, 2.05) is 6.07 Å². The van der Waals surface area contributed by atoms with Crippen LogP contribution in [0.3, 0.4) is 0 Å². The van der Waals surface area contributed by atoms with Crippen LogP contribution in [0.25, 0.3) is 0 Å².